The molecule has 3 rings (SSSR count). The standard InChI is InChI=1S/C21H29FN4O3/c22-17-9-7-16(8-10-17)21(29)26-14-4-13-25(19(26)18(27)24-12-11-23)20(28)15-5-2-1-3-6-15/h7-10,15,19H,1-6,11-14,23H2,(H,24,27). The van der Waals surface area contributed by atoms with Gasteiger partial charge in [0.05, 0.1) is 0 Å². The number of rotatable bonds is 5. The number of carbonyl (C=O) groups excluding carboxylic acids is 3. The molecule has 7 nitrogen and oxygen atoms in total. The lowest BCUT2D eigenvalue weighted by molar-refractivity contribution is -0.152. The van der Waals surface area contributed by atoms with Crippen LogP contribution in [0.5, 0.6) is 0 Å². The zero-order valence-corrected chi connectivity index (χ0v) is 16.6. The van der Waals surface area contributed by atoms with E-state index in [4.69, 9.17) is 5.73 Å². The van der Waals surface area contributed by atoms with E-state index in [9.17, 15) is 18.8 Å². The molecule has 0 radical (unpaired) electrons. The molecule has 1 saturated carbocycles. The van der Waals surface area contributed by atoms with Crippen molar-refractivity contribution in [1.29, 1.82) is 0 Å². The third kappa shape index (κ3) is 4.93. The number of hydrogen-bond acceptors (Lipinski definition) is 4. The Bertz CT molecular complexity index is 734. The maximum atomic E-state index is 13.3. The van der Waals surface area contributed by atoms with Gasteiger partial charge in [0.25, 0.3) is 11.8 Å². The maximum Gasteiger partial charge on any atom is 0.263 e. The minimum Gasteiger partial charge on any atom is -0.351 e. The molecule has 3 amide bonds. The van der Waals surface area contributed by atoms with Crippen LogP contribution in [0, 0.1) is 11.7 Å². The highest BCUT2D eigenvalue weighted by molar-refractivity contribution is 5.99. The minimum absolute atomic E-state index is 0.0609. The second kappa shape index (κ2) is 9.82. The Kier molecular flexibility index (Phi) is 7.19. The molecule has 0 bridgehead atoms. The van der Waals surface area contributed by atoms with Crippen LogP contribution in [0.1, 0.15) is 48.9 Å². The van der Waals surface area contributed by atoms with Crippen LogP contribution in [-0.2, 0) is 9.59 Å². The Hall–Kier alpha value is -2.48. The topological polar surface area (TPSA) is 95.7 Å². The highest BCUT2D eigenvalue weighted by Gasteiger charge is 2.42. The van der Waals surface area contributed by atoms with Crippen LogP contribution < -0.4 is 11.1 Å². The van der Waals surface area contributed by atoms with E-state index < -0.39 is 17.9 Å². The molecule has 158 valence electrons. The average Bonchev–Trinajstić information content (AvgIpc) is 2.77. The van der Waals surface area contributed by atoms with Gasteiger partial charge in [0.1, 0.15) is 5.82 Å². The monoisotopic (exact) mass is 404 g/mol. The molecule has 0 aromatic heterocycles. The number of carbonyl (C=O) groups is 3. The van der Waals surface area contributed by atoms with Gasteiger partial charge >= 0.3 is 0 Å². The van der Waals surface area contributed by atoms with Crippen molar-refractivity contribution in [3.05, 3.63) is 35.6 Å². The zero-order chi connectivity index (χ0) is 20.8. The Morgan fingerprint density at radius 3 is 2.31 bits per heavy atom. The van der Waals surface area contributed by atoms with Crippen molar-refractivity contribution in [2.24, 2.45) is 11.7 Å². The Labute approximate surface area is 170 Å². The van der Waals surface area contributed by atoms with Gasteiger partial charge < -0.3 is 20.9 Å². The molecule has 8 heteroatoms. The Morgan fingerprint density at radius 1 is 1.00 bits per heavy atom. The van der Waals surface area contributed by atoms with Gasteiger partial charge in [-0.1, -0.05) is 19.3 Å². The summed E-state index contributed by atoms with van der Waals surface area (Å²) in [6.45, 7) is 1.31. The van der Waals surface area contributed by atoms with Crippen LogP contribution in [-0.4, -0.2) is 59.9 Å². The van der Waals surface area contributed by atoms with E-state index in [-0.39, 0.29) is 36.4 Å². The number of nitrogens with one attached hydrogen (secondary N) is 1. The molecular weight excluding hydrogens is 375 g/mol. The van der Waals surface area contributed by atoms with E-state index >= 15 is 0 Å². The fourth-order valence-electron chi connectivity index (χ4n) is 4.18. The Morgan fingerprint density at radius 2 is 1.66 bits per heavy atom. The summed E-state index contributed by atoms with van der Waals surface area (Å²) in [5.74, 6) is -1.40. The molecule has 0 spiro atoms. The van der Waals surface area contributed by atoms with E-state index in [1.807, 2.05) is 0 Å². The van der Waals surface area contributed by atoms with Crippen molar-refractivity contribution in [2.45, 2.75) is 44.7 Å². The SMILES string of the molecule is NCCNC(=O)C1N(C(=O)c2ccc(F)cc2)CCCN1C(=O)C1CCCCC1. The molecule has 2 aliphatic rings. The number of halogens is 1. The van der Waals surface area contributed by atoms with Gasteiger partial charge in [-0.2, -0.15) is 0 Å². The summed E-state index contributed by atoms with van der Waals surface area (Å²) in [5, 5.41) is 2.72. The molecule has 1 unspecified atom stereocenters. The van der Waals surface area contributed by atoms with Crippen LogP contribution in [0.3, 0.4) is 0 Å². The first-order valence-corrected chi connectivity index (χ1v) is 10.4. The predicted octanol–water partition coefficient (Wildman–Crippen LogP) is 1.48. The largest absolute Gasteiger partial charge is 0.351 e. The molecule has 1 aromatic rings. The van der Waals surface area contributed by atoms with Gasteiger partial charge in [0, 0.05) is 37.7 Å². The second-order valence-corrected chi connectivity index (χ2v) is 7.68. The fraction of sp³-hybridized carbons (Fsp3) is 0.571. The van der Waals surface area contributed by atoms with Gasteiger partial charge in [-0.3, -0.25) is 14.4 Å². The summed E-state index contributed by atoms with van der Waals surface area (Å²) in [4.78, 5) is 42.2. The first-order chi connectivity index (χ1) is 14.0. The minimum atomic E-state index is -1.01. The van der Waals surface area contributed by atoms with Crippen molar-refractivity contribution in [2.75, 3.05) is 26.2 Å². The van der Waals surface area contributed by atoms with Crippen LogP contribution in [0.2, 0.25) is 0 Å². The summed E-state index contributed by atoms with van der Waals surface area (Å²) in [7, 11) is 0. The third-order valence-corrected chi connectivity index (χ3v) is 5.66. The molecule has 1 atom stereocenters. The summed E-state index contributed by atoms with van der Waals surface area (Å²) < 4.78 is 13.3. The quantitative estimate of drug-likeness (QED) is 0.777. The van der Waals surface area contributed by atoms with Gasteiger partial charge in [0.15, 0.2) is 6.17 Å². The first-order valence-electron chi connectivity index (χ1n) is 10.4. The number of benzene rings is 1. The van der Waals surface area contributed by atoms with E-state index in [0.717, 1.165) is 32.1 Å². The summed E-state index contributed by atoms with van der Waals surface area (Å²) in [6, 6.07) is 5.22. The lowest BCUT2D eigenvalue weighted by atomic mass is 9.88. The molecule has 1 aromatic carbocycles. The van der Waals surface area contributed by atoms with Crippen molar-refractivity contribution in [3.8, 4) is 0 Å². The van der Waals surface area contributed by atoms with Crippen LogP contribution in [0.4, 0.5) is 4.39 Å². The van der Waals surface area contributed by atoms with E-state index in [1.54, 1.807) is 4.90 Å². The van der Waals surface area contributed by atoms with E-state index in [0.29, 0.717) is 19.5 Å². The van der Waals surface area contributed by atoms with Crippen LogP contribution in [0.15, 0.2) is 24.3 Å². The number of hydrogen-bond donors (Lipinski definition) is 2. The molecular formula is C21H29FN4O3. The van der Waals surface area contributed by atoms with E-state index in [1.165, 1.54) is 29.2 Å². The lowest BCUT2D eigenvalue weighted by Crippen LogP contribution is -2.64. The summed E-state index contributed by atoms with van der Waals surface area (Å²) in [6.07, 6.45) is 4.35. The maximum absolute atomic E-state index is 13.3. The molecule has 2 fully saturated rings. The molecule has 1 heterocycles. The summed E-state index contributed by atoms with van der Waals surface area (Å²) >= 11 is 0. The van der Waals surface area contributed by atoms with Crippen molar-refractivity contribution in [1.82, 2.24) is 15.1 Å². The third-order valence-electron chi connectivity index (χ3n) is 5.66. The number of nitrogens with zero attached hydrogens (tertiary/aromatic N) is 2. The highest BCUT2D eigenvalue weighted by atomic mass is 19.1. The van der Waals surface area contributed by atoms with Crippen molar-refractivity contribution >= 4 is 17.7 Å². The van der Waals surface area contributed by atoms with Gasteiger partial charge in [-0.15, -0.1) is 0 Å². The molecule has 1 aliphatic heterocycles. The average molecular weight is 404 g/mol. The smallest absolute Gasteiger partial charge is 0.263 e. The van der Waals surface area contributed by atoms with Gasteiger partial charge in [-0.25, -0.2) is 4.39 Å². The van der Waals surface area contributed by atoms with Gasteiger partial charge in [-0.05, 0) is 43.5 Å². The van der Waals surface area contributed by atoms with Gasteiger partial charge in [0.2, 0.25) is 5.91 Å². The van der Waals surface area contributed by atoms with Crippen molar-refractivity contribution in [3.63, 3.8) is 0 Å². The zero-order valence-electron chi connectivity index (χ0n) is 16.6. The predicted molar refractivity (Wildman–Crippen MR) is 106 cm³/mol. The van der Waals surface area contributed by atoms with Crippen molar-refractivity contribution < 1.29 is 18.8 Å². The lowest BCUT2D eigenvalue weighted by Gasteiger charge is -2.44. The normalized spacial score (nSPS) is 20.4. The molecule has 29 heavy (non-hydrogen) atoms. The summed E-state index contributed by atoms with van der Waals surface area (Å²) in [5.41, 5.74) is 5.79. The first kappa shape index (κ1) is 21.2. The molecule has 1 aliphatic carbocycles. The molecule has 1 saturated heterocycles. The van der Waals surface area contributed by atoms with Crippen LogP contribution >= 0.6 is 0 Å². The fourth-order valence-corrected chi connectivity index (χ4v) is 4.18. The molecule has 3 N–H and O–H groups in total. The second-order valence-electron chi connectivity index (χ2n) is 7.68. The van der Waals surface area contributed by atoms with E-state index in [2.05, 4.69) is 5.32 Å². The van der Waals surface area contributed by atoms with Crippen LogP contribution in [0.25, 0.3) is 0 Å². The Balaban J connectivity index is 1.86. The number of nitrogens with two attached hydrogens (primary N) is 1. The number of amides is 3. The highest BCUT2D eigenvalue weighted by Crippen LogP contribution is 2.28.